The first-order chi connectivity index (χ1) is 10.2. The van der Waals surface area contributed by atoms with Gasteiger partial charge in [-0.15, -0.1) is 11.8 Å². The maximum atomic E-state index is 6.12. The predicted molar refractivity (Wildman–Crippen MR) is 89.7 cm³/mol. The molecule has 0 aliphatic carbocycles. The van der Waals surface area contributed by atoms with Crippen LogP contribution in [0.4, 0.5) is 5.69 Å². The minimum Gasteiger partial charge on any atom is -0.490 e. The van der Waals surface area contributed by atoms with E-state index in [1.165, 1.54) is 0 Å². The van der Waals surface area contributed by atoms with E-state index in [-0.39, 0.29) is 0 Å². The highest BCUT2D eigenvalue weighted by atomic mass is 35.5. The highest BCUT2D eigenvalue weighted by Crippen LogP contribution is 2.30. The Kier molecular flexibility index (Phi) is 6.08. The third-order valence-corrected chi connectivity index (χ3v) is 4.16. The van der Waals surface area contributed by atoms with E-state index in [0.29, 0.717) is 23.9 Å². The standard InChI is InChI=1S/C16H18ClNO2S/c1-2-19-14-5-3-4-6-15(14)20-9-10-21-16-11-12(18)7-8-13(16)17/h3-8,11H,2,9-10,18H2,1H3. The van der Waals surface area contributed by atoms with Gasteiger partial charge in [-0.05, 0) is 37.3 Å². The highest BCUT2D eigenvalue weighted by molar-refractivity contribution is 7.99. The molecule has 0 aliphatic rings. The van der Waals surface area contributed by atoms with Crippen LogP contribution in [0.5, 0.6) is 11.5 Å². The Bertz CT molecular complexity index is 592. The van der Waals surface area contributed by atoms with Crippen molar-refractivity contribution in [3.05, 3.63) is 47.5 Å². The van der Waals surface area contributed by atoms with Crippen LogP contribution in [0.1, 0.15) is 6.92 Å². The maximum Gasteiger partial charge on any atom is 0.161 e. The van der Waals surface area contributed by atoms with Crippen LogP contribution in [0.2, 0.25) is 5.02 Å². The van der Waals surface area contributed by atoms with Crippen LogP contribution < -0.4 is 15.2 Å². The molecule has 3 nitrogen and oxygen atoms in total. The fourth-order valence-corrected chi connectivity index (χ4v) is 2.87. The Morgan fingerprint density at radius 1 is 1.10 bits per heavy atom. The maximum absolute atomic E-state index is 6.12. The average molecular weight is 324 g/mol. The fraction of sp³-hybridized carbons (Fsp3) is 0.250. The summed E-state index contributed by atoms with van der Waals surface area (Å²) in [6.07, 6.45) is 0. The van der Waals surface area contributed by atoms with Gasteiger partial charge in [-0.2, -0.15) is 0 Å². The molecule has 21 heavy (non-hydrogen) atoms. The zero-order chi connectivity index (χ0) is 15.1. The lowest BCUT2D eigenvalue weighted by molar-refractivity contribution is 0.289. The van der Waals surface area contributed by atoms with Gasteiger partial charge < -0.3 is 15.2 Å². The second-order valence-corrected chi connectivity index (χ2v) is 5.81. The van der Waals surface area contributed by atoms with Gasteiger partial charge in [0, 0.05) is 16.3 Å². The van der Waals surface area contributed by atoms with Crippen molar-refractivity contribution < 1.29 is 9.47 Å². The number of nitrogens with two attached hydrogens (primary N) is 1. The molecule has 2 rings (SSSR count). The molecule has 0 bridgehead atoms. The molecular formula is C16H18ClNO2S. The summed E-state index contributed by atoms with van der Waals surface area (Å²) in [6.45, 7) is 3.14. The number of ether oxygens (including phenoxy) is 2. The van der Waals surface area contributed by atoms with Crippen molar-refractivity contribution in [2.24, 2.45) is 0 Å². The van der Waals surface area contributed by atoms with Crippen LogP contribution in [-0.4, -0.2) is 19.0 Å². The summed E-state index contributed by atoms with van der Waals surface area (Å²) in [5, 5.41) is 0.712. The quantitative estimate of drug-likeness (QED) is 0.463. The normalized spacial score (nSPS) is 10.4. The summed E-state index contributed by atoms with van der Waals surface area (Å²) >= 11 is 7.74. The molecule has 2 aromatic carbocycles. The van der Waals surface area contributed by atoms with Crippen LogP contribution >= 0.6 is 23.4 Å². The number of nitrogen functional groups attached to an aromatic ring is 1. The van der Waals surface area contributed by atoms with Crippen LogP contribution in [0, 0.1) is 0 Å². The second kappa shape index (κ2) is 8.05. The zero-order valence-corrected chi connectivity index (χ0v) is 13.4. The molecule has 0 saturated heterocycles. The van der Waals surface area contributed by atoms with Gasteiger partial charge in [0.1, 0.15) is 0 Å². The van der Waals surface area contributed by atoms with Gasteiger partial charge in [-0.3, -0.25) is 0 Å². The summed E-state index contributed by atoms with van der Waals surface area (Å²) < 4.78 is 11.3. The smallest absolute Gasteiger partial charge is 0.161 e. The summed E-state index contributed by atoms with van der Waals surface area (Å²) in [5.74, 6) is 2.31. The summed E-state index contributed by atoms with van der Waals surface area (Å²) in [5.41, 5.74) is 6.47. The van der Waals surface area contributed by atoms with Crippen molar-refractivity contribution in [1.82, 2.24) is 0 Å². The first-order valence-electron chi connectivity index (χ1n) is 6.73. The minimum absolute atomic E-state index is 0.569. The molecule has 2 N–H and O–H groups in total. The third kappa shape index (κ3) is 4.76. The summed E-state index contributed by atoms with van der Waals surface area (Å²) in [4.78, 5) is 0.971. The van der Waals surface area contributed by atoms with Gasteiger partial charge in [-0.25, -0.2) is 0 Å². The molecule has 0 fully saturated rings. The van der Waals surface area contributed by atoms with Crippen molar-refractivity contribution >= 4 is 29.1 Å². The molecule has 0 unspecified atom stereocenters. The molecule has 2 aromatic rings. The van der Waals surface area contributed by atoms with Gasteiger partial charge in [-0.1, -0.05) is 23.7 Å². The Morgan fingerprint density at radius 3 is 2.52 bits per heavy atom. The molecular weight excluding hydrogens is 306 g/mol. The van der Waals surface area contributed by atoms with Gasteiger partial charge >= 0.3 is 0 Å². The van der Waals surface area contributed by atoms with Gasteiger partial charge in [0.2, 0.25) is 0 Å². The number of hydrogen-bond donors (Lipinski definition) is 1. The van der Waals surface area contributed by atoms with Gasteiger partial charge in [0.05, 0.1) is 18.2 Å². The lowest BCUT2D eigenvalue weighted by Crippen LogP contribution is -2.02. The van der Waals surface area contributed by atoms with E-state index >= 15 is 0 Å². The van der Waals surface area contributed by atoms with Gasteiger partial charge in [0.25, 0.3) is 0 Å². The van der Waals surface area contributed by atoms with Crippen LogP contribution in [-0.2, 0) is 0 Å². The largest absolute Gasteiger partial charge is 0.490 e. The monoisotopic (exact) mass is 323 g/mol. The summed E-state index contributed by atoms with van der Waals surface area (Å²) in [7, 11) is 0. The SMILES string of the molecule is CCOc1ccccc1OCCSc1cc(N)ccc1Cl. The lowest BCUT2D eigenvalue weighted by atomic mass is 10.3. The fourth-order valence-electron chi connectivity index (χ4n) is 1.78. The molecule has 0 aromatic heterocycles. The predicted octanol–water partition coefficient (Wildman–Crippen LogP) is 4.49. The van der Waals surface area contributed by atoms with Crippen molar-refractivity contribution in [3.63, 3.8) is 0 Å². The molecule has 0 saturated carbocycles. The Balaban J connectivity index is 1.86. The molecule has 0 spiro atoms. The topological polar surface area (TPSA) is 44.5 Å². The second-order valence-electron chi connectivity index (χ2n) is 4.27. The van der Waals surface area contributed by atoms with E-state index in [9.17, 15) is 0 Å². The van der Waals surface area contributed by atoms with Crippen molar-refractivity contribution in [2.75, 3.05) is 24.7 Å². The van der Waals surface area contributed by atoms with E-state index in [4.69, 9.17) is 26.8 Å². The van der Waals surface area contributed by atoms with Crippen LogP contribution in [0.15, 0.2) is 47.4 Å². The van der Waals surface area contributed by atoms with Crippen molar-refractivity contribution in [3.8, 4) is 11.5 Å². The van der Waals surface area contributed by atoms with Crippen molar-refractivity contribution in [1.29, 1.82) is 0 Å². The first kappa shape index (κ1) is 15.9. The van der Waals surface area contributed by atoms with Crippen LogP contribution in [0.25, 0.3) is 0 Å². The third-order valence-electron chi connectivity index (χ3n) is 2.70. The highest BCUT2D eigenvalue weighted by Gasteiger charge is 2.05. The number of hydrogen-bond acceptors (Lipinski definition) is 4. The lowest BCUT2D eigenvalue weighted by Gasteiger charge is -2.11. The van der Waals surface area contributed by atoms with E-state index in [2.05, 4.69) is 0 Å². The first-order valence-corrected chi connectivity index (χ1v) is 8.09. The molecule has 0 atom stereocenters. The van der Waals surface area contributed by atoms with Gasteiger partial charge in [0.15, 0.2) is 11.5 Å². The van der Waals surface area contributed by atoms with E-state index in [1.807, 2.05) is 43.3 Å². The number of halogens is 1. The molecule has 0 amide bonds. The number of thioether (sulfide) groups is 1. The van der Waals surface area contributed by atoms with E-state index in [1.54, 1.807) is 17.8 Å². The number of benzene rings is 2. The van der Waals surface area contributed by atoms with Crippen LogP contribution in [0.3, 0.4) is 0 Å². The van der Waals surface area contributed by atoms with E-state index in [0.717, 1.165) is 22.1 Å². The number of rotatable bonds is 7. The Hall–Kier alpha value is -1.52. The van der Waals surface area contributed by atoms with Crippen molar-refractivity contribution in [2.45, 2.75) is 11.8 Å². The molecule has 112 valence electrons. The minimum atomic E-state index is 0.569. The average Bonchev–Trinajstić information content (AvgIpc) is 2.49. The molecule has 0 aliphatic heterocycles. The number of para-hydroxylation sites is 2. The molecule has 5 heteroatoms. The molecule has 0 radical (unpaired) electrons. The Labute approximate surface area is 134 Å². The zero-order valence-electron chi connectivity index (χ0n) is 11.8. The number of anilines is 1. The van der Waals surface area contributed by atoms with E-state index < -0.39 is 0 Å². The Morgan fingerprint density at radius 2 is 1.81 bits per heavy atom. The summed E-state index contributed by atoms with van der Waals surface area (Å²) in [6, 6.07) is 13.1. The molecule has 0 heterocycles.